The van der Waals surface area contributed by atoms with Crippen molar-refractivity contribution >= 4 is 11.9 Å². The van der Waals surface area contributed by atoms with Gasteiger partial charge in [0.25, 0.3) is 0 Å². The molecule has 0 aromatic carbocycles. The molecule has 0 aliphatic carbocycles. The Hall–Kier alpha value is -1.32. The molecule has 4 heteroatoms. The second-order valence-corrected chi connectivity index (χ2v) is 3.37. The van der Waals surface area contributed by atoms with Crippen molar-refractivity contribution in [2.75, 3.05) is 13.2 Å². The van der Waals surface area contributed by atoms with Gasteiger partial charge in [-0.05, 0) is 13.3 Å². The Labute approximate surface area is 96.6 Å². The normalized spacial score (nSPS) is 11.1. The highest BCUT2D eigenvalue weighted by atomic mass is 16.5. The van der Waals surface area contributed by atoms with Crippen LogP contribution in [0, 0.1) is 0 Å². The molecule has 0 aromatic heterocycles. The first kappa shape index (κ1) is 14.7. The van der Waals surface area contributed by atoms with Crippen molar-refractivity contribution < 1.29 is 19.1 Å². The van der Waals surface area contributed by atoms with Gasteiger partial charge in [-0.1, -0.05) is 25.8 Å². The molecule has 4 nitrogen and oxygen atoms in total. The van der Waals surface area contributed by atoms with Crippen LogP contribution in [0.4, 0.5) is 0 Å². The minimum Gasteiger partial charge on any atom is -0.463 e. The van der Waals surface area contributed by atoms with E-state index in [1.54, 1.807) is 13.0 Å². The largest absolute Gasteiger partial charge is 0.463 e. The van der Waals surface area contributed by atoms with Crippen LogP contribution in [0.2, 0.25) is 0 Å². The van der Waals surface area contributed by atoms with Crippen molar-refractivity contribution in [3.05, 3.63) is 11.6 Å². The summed E-state index contributed by atoms with van der Waals surface area (Å²) in [5.41, 5.74) is 0.422. The summed E-state index contributed by atoms with van der Waals surface area (Å²) >= 11 is 0. The summed E-state index contributed by atoms with van der Waals surface area (Å²) in [5, 5.41) is 0. The molecule has 0 radical (unpaired) electrons. The zero-order valence-corrected chi connectivity index (χ0v) is 10.2. The molecule has 0 atom stereocenters. The fourth-order valence-corrected chi connectivity index (χ4v) is 1.08. The Balaban J connectivity index is 4.30. The van der Waals surface area contributed by atoms with E-state index in [9.17, 15) is 9.59 Å². The van der Waals surface area contributed by atoms with Crippen LogP contribution in [-0.4, -0.2) is 25.2 Å². The second-order valence-electron chi connectivity index (χ2n) is 3.37. The molecule has 0 heterocycles. The van der Waals surface area contributed by atoms with E-state index in [2.05, 4.69) is 6.92 Å². The summed E-state index contributed by atoms with van der Waals surface area (Å²) < 4.78 is 9.66. The van der Waals surface area contributed by atoms with Crippen molar-refractivity contribution in [1.29, 1.82) is 0 Å². The average Bonchev–Trinajstić information content (AvgIpc) is 2.23. The van der Waals surface area contributed by atoms with Crippen molar-refractivity contribution in [2.24, 2.45) is 0 Å². The summed E-state index contributed by atoms with van der Waals surface area (Å²) in [4.78, 5) is 22.1. The predicted octanol–water partition coefficient (Wildman–Crippen LogP) is 2.23. The minimum atomic E-state index is -0.403. The molecule has 16 heavy (non-hydrogen) atoms. The Morgan fingerprint density at radius 1 is 1.19 bits per heavy atom. The number of hydrogen-bond donors (Lipinski definition) is 0. The number of carbonyl (C=O) groups excluding carboxylic acids is 2. The molecule has 0 N–H and O–H groups in total. The van der Waals surface area contributed by atoms with Crippen molar-refractivity contribution in [1.82, 2.24) is 0 Å². The zero-order chi connectivity index (χ0) is 12.4. The number of unbranched alkanes of at least 4 members (excludes halogenated alkanes) is 2. The summed E-state index contributed by atoms with van der Waals surface area (Å²) in [7, 11) is 0. The highest BCUT2D eigenvalue weighted by Gasteiger charge is 2.11. The number of carbonyl (C=O) groups is 2. The molecule has 92 valence electrons. The predicted molar refractivity (Wildman–Crippen MR) is 60.9 cm³/mol. The van der Waals surface area contributed by atoms with E-state index in [0.29, 0.717) is 12.2 Å². The second kappa shape index (κ2) is 8.95. The van der Waals surface area contributed by atoms with Gasteiger partial charge in [-0.15, -0.1) is 0 Å². The molecule has 0 unspecified atom stereocenters. The van der Waals surface area contributed by atoms with Gasteiger partial charge in [0.2, 0.25) is 0 Å². The molecular formula is C12H20O4. The molecule has 0 aliphatic rings. The van der Waals surface area contributed by atoms with Gasteiger partial charge >= 0.3 is 11.9 Å². The smallest absolute Gasteiger partial charge is 0.337 e. The molecule has 0 saturated heterocycles. The summed E-state index contributed by atoms with van der Waals surface area (Å²) in [6.07, 6.45) is 4.64. The van der Waals surface area contributed by atoms with Crippen molar-refractivity contribution in [3.63, 3.8) is 0 Å². The van der Waals surface area contributed by atoms with Crippen LogP contribution in [-0.2, 0) is 19.1 Å². The maximum Gasteiger partial charge on any atom is 0.337 e. The molecule has 0 aliphatic heterocycles. The highest BCUT2D eigenvalue weighted by Crippen LogP contribution is 2.05. The first-order valence-electron chi connectivity index (χ1n) is 5.61. The Morgan fingerprint density at radius 2 is 1.88 bits per heavy atom. The van der Waals surface area contributed by atoms with Gasteiger partial charge in [-0.2, -0.15) is 0 Å². The fraction of sp³-hybridized carbons (Fsp3) is 0.667. The van der Waals surface area contributed by atoms with Crippen LogP contribution in [0.5, 0.6) is 0 Å². The van der Waals surface area contributed by atoms with E-state index in [1.807, 2.05) is 0 Å². The lowest BCUT2D eigenvalue weighted by atomic mass is 10.2. The van der Waals surface area contributed by atoms with E-state index >= 15 is 0 Å². The lowest BCUT2D eigenvalue weighted by molar-refractivity contribution is -0.142. The molecule has 0 spiro atoms. The third-order valence-electron chi connectivity index (χ3n) is 1.92. The van der Waals surface area contributed by atoms with Gasteiger partial charge in [0, 0.05) is 6.92 Å². The summed E-state index contributed by atoms with van der Waals surface area (Å²) in [6.45, 7) is 5.45. The Morgan fingerprint density at radius 3 is 2.38 bits per heavy atom. The van der Waals surface area contributed by atoms with E-state index < -0.39 is 11.9 Å². The van der Waals surface area contributed by atoms with E-state index in [1.165, 1.54) is 6.92 Å². The third-order valence-corrected chi connectivity index (χ3v) is 1.92. The highest BCUT2D eigenvalue weighted by molar-refractivity contribution is 5.89. The fourth-order valence-electron chi connectivity index (χ4n) is 1.08. The number of rotatable bonds is 7. The van der Waals surface area contributed by atoms with E-state index in [-0.39, 0.29) is 6.61 Å². The van der Waals surface area contributed by atoms with Crippen LogP contribution >= 0.6 is 0 Å². The molecule has 0 bridgehead atoms. The number of esters is 2. The maximum absolute atomic E-state index is 11.5. The molecule has 0 rings (SSSR count). The zero-order valence-electron chi connectivity index (χ0n) is 10.2. The Kier molecular flexibility index (Phi) is 8.21. The first-order chi connectivity index (χ1) is 7.61. The lowest BCUT2D eigenvalue weighted by Crippen LogP contribution is -2.14. The van der Waals surface area contributed by atoms with Gasteiger partial charge in [0.15, 0.2) is 0 Å². The minimum absolute atomic E-state index is 0.00210. The molecule has 0 saturated carbocycles. The summed E-state index contributed by atoms with van der Waals surface area (Å²) in [6, 6.07) is 0. The van der Waals surface area contributed by atoms with Crippen LogP contribution < -0.4 is 0 Å². The third kappa shape index (κ3) is 7.04. The first-order valence-corrected chi connectivity index (χ1v) is 5.61. The SMILES string of the molecule is CCCCC=C(COC(C)=O)C(=O)OCC. The van der Waals surface area contributed by atoms with Gasteiger partial charge in [0.1, 0.15) is 6.61 Å². The van der Waals surface area contributed by atoms with Crippen LogP contribution in [0.25, 0.3) is 0 Å². The van der Waals surface area contributed by atoms with E-state index in [0.717, 1.165) is 19.3 Å². The Bertz CT molecular complexity index is 256. The van der Waals surface area contributed by atoms with Crippen molar-refractivity contribution in [3.8, 4) is 0 Å². The standard InChI is InChI=1S/C12H20O4/c1-4-6-7-8-11(9-16-10(3)13)12(14)15-5-2/h8H,4-7,9H2,1-3H3. The lowest BCUT2D eigenvalue weighted by Gasteiger charge is -2.07. The number of ether oxygens (including phenoxy) is 2. The van der Waals surface area contributed by atoms with Crippen LogP contribution in [0.15, 0.2) is 11.6 Å². The number of hydrogen-bond acceptors (Lipinski definition) is 4. The van der Waals surface area contributed by atoms with Gasteiger partial charge in [-0.3, -0.25) is 4.79 Å². The van der Waals surface area contributed by atoms with Gasteiger partial charge in [0.05, 0.1) is 12.2 Å². The monoisotopic (exact) mass is 228 g/mol. The molecule has 0 aromatic rings. The maximum atomic E-state index is 11.5. The van der Waals surface area contributed by atoms with Crippen LogP contribution in [0.3, 0.4) is 0 Å². The van der Waals surface area contributed by atoms with Gasteiger partial charge < -0.3 is 9.47 Å². The summed E-state index contributed by atoms with van der Waals surface area (Å²) in [5.74, 6) is -0.800. The topological polar surface area (TPSA) is 52.6 Å². The quantitative estimate of drug-likeness (QED) is 0.381. The van der Waals surface area contributed by atoms with Gasteiger partial charge in [-0.25, -0.2) is 4.79 Å². The number of allylic oxidation sites excluding steroid dienone is 1. The van der Waals surface area contributed by atoms with E-state index in [4.69, 9.17) is 9.47 Å². The molecule has 0 amide bonds. The molecule has 0 fully saturated rings. The average molecular weight is 228 g/mol. The van der Waals surface area contributed by atoms with Crippen molar-refractivity contribution in [2.45, 2.75) is 40.0 Å². The van der Waals surface area contributed by atoms with Crippen LogP contribution in [0.1, 0.15) is 40.0 Å². The molecular weight excluding hydrogens is 208 g/mol.